The van der Waals surface area contributed by atoms with Crippen molar-refractivity contribution < 1.29 is 23.7 Å². The normalized spacial score (nSPS) is 13.9. The van der Waals surface area contributed by atoms with Gasteiger partial charge in [-0.15, -0.1) is 0 Å². The molecule has 1 aliphatic rings. The van der Waals surface area contributed by atoms with Crippen molar-refractivity contribution in [3.63, 3.8) is 0 Å². The van der Waals surface area contributed by atoms with Crippen LogP contribution < -0.4 is 23.8 Å². The Morgan fingerprint density at radius 3 is 2.16 bits per heavy atom. The van der Waals surface area contributed by atoms with Gasteiger partial charge in [-0.1, -0.05) is 11.3 Å². The first kappa shape index (κ1) is 21.0. The first-order chi connectivity index (χ1) is 15.1. The van der Waals surface area contributed by atoms with E-state index >= 15 is 0 Å². The van der Waals surface area contributed by atoms with Crippen LogP contribution in [-0.2, 0) is 0 Å². The summed E-state index contributed by atoms with van der Waals surface area (Å²) in [5.74, 6) is 2.59. The van der Waals surface area contributed by atoms with Crippen molar-refractivity contribution in [2.24, 2.45) is 0 Å². The molecule has 0 bridgehead atoms. The quantitative estimate of drug-likeness (QED) is 0.579. The molecule has 1 aliphatic heterocycles. The number of hydrogen-bond donors (Lipinski definition) is 0. The fourth-order valence-electron chi connectivity index (χ4n) is 3.66. The van der Waals surface area contributed by atoms with E-state index < -0.39 is 0 Å². The van der Waals surface area contributed by atoms with Crippen LogP contribution in [-0.4, -0.2) is 70.4 Å². The van der Waals surface area contributed by atoms with E-state index in [-0.39, 0.29) is 5.91 Å². The van der Waals surface area contributed by atoms with E-state index in [1.54, 1.807) is 58.0 Å². The molecule has 3 aromatic rings. The third-order valence-electron chi connectivity index (χ3n) is 5.37. The molecule has 0 radical (unpaired) electrons. The van der Waals surface area contributed by atoms with Crippen LogP contribution in [0.5, 0.6) is 23.0 Å². The number of nitrogens with zero attached hydrogens (tertiary/aromatic N) is 3. The molecule has 4 rings (SSSR count). The number of fused-ring (bicyclic) bond motifs is 1. The van der Waals surface area contributed by atoms with Crippen molar-refractivity contribution >= 4 is 32.6 Å². The predicted octanol–water partition coefficient (Wildman–Crippen LogP) is 3.29. The van der Waals surface area contributed by atoms with Crippen LogP contribution in [0.2, 0.25) is 0 Å². The van der Waals surface area contributed by atoms with Gasteiger partial charge in [0.1, 0.15) is 33.2 Å². The fraction of sp³-hybridized carbons (Fsp3) is 0.364. The molecule has 164 valence electrons. The van der Waals surface area contributed by atoms with Crippen LogP contribution in [0.4, 0.5) is 5.13 Å². The summed E-state index contributed by atoms with van der Waals surface area (Å²) in [5, 5.41) is 0.892. The van der Waals surface area contributed by atoms with Gasteiger partial charge in [0.25, 0.3) is 5.91 Å². The molecule has 0 N–H and O–H groups in total. The van der Waals surface area contributed by atoms with E-state index in [1.165, 1.54) is 0 Å². The largest absolute Gasteiger partial charge is 0.497 e. The Kier molecular flexibility index (Phi) is 6.03. The second kappa shape index (κ2) is 8.89. The molecule has 0 unspecified atom stereocenters. The van der Waals surface area contributed by atoms with E-state index in [2.05, 4.69) is 4.90 Å². The van der Waals surface area contributed by atoms with Crippen LogP contribution in [0.1, 0.15) is 10.4 Å². The predicted molar refractivity (Wildman–Crippen MR) is 120 cm³/mol. The second-order valence-electron chi connectivity index (χ2n) is 6.99. The Balaban J connectivity index is 1.52. The van der Waals surface area contributed by atoms with Gasteiger partial charge in [-0.05, 0) is 30.3 Å². The zero-order valence-electron chi connectivity index (χ0n) is 18.0. The van der Waals surface area contributed by atoms with Crippen molar-refractivity contribution in [3.05, 3.63) is 35.9 Å². The highest BCUT2D eigenvalue weighted by Gasteiger charge is 2.27. The van der Waals surface area contributed by atoms with Gasteiger partial charge >= 0.3 is 0 Å². The molecular formula is C22H25N3O5S. The summed E-state index contributed by atoms with van der Waals surface area (Å²) < 4.78 is 22.6. The standard InChI is InChI=1S/C22H25N3O5S/c1-27-14-5-6-16(28-2)15(13-14)21(26)24-9-11-25(12-10-24)22-23-19-17(29-3)7-8-18(30-4)20(19)31-22/h5-8,13H,9-12H2,1-4H3. The number of hydrogen-bond acceptors (Lipinski definition) is 8. The smallest absolute Gasteiger partial charge is 0.257 e. The fourth-order valence-corrected chi connectivity index (χ4v) is 4.79. The van der Waals surface area contributed by atoms with E-state index in [1.807, 2.05) is 17.0 Å². The molecule has 1 fully saturated rings. The van der Waals surface area contributed by atoms with Gasteiger partial charge in [-0.3, -0.25) is 4.79 Å². The lowest BCUT2D eigenvalue weighted by Gasteiger charge is -2.34. The van der Waals surface area contributed by atoms with Gasteiger partial charge in [-0.25, -0.2) is 4.98 Å². The van der Waals surface area contributed by atoms with Crippen LogP contribution >= 0.6 is 11.3 Å². The Hall–Kier alpha value is -3.20. The van der Waals surface area contributed by atoms with Crippen molar-refractivity contribution in [2.45, 2.75) is 0 Å². The van der Waals surface area contributed by atoms with Gasteiger partial charge < -0.3 is 28.7 Å². The highest BCUT2D eigenvalue weighted by Crippen LogP contribution is 2.40. The first-order valence-corrected chi connectivity index (χ1v) is 10.7. The minimum Gasteiger partial charge on any atom is -0.497 e. The number of rotatable bonds is 6. The number of methoxy groups -OCH3 is 4. The number of carbonyl (C=O) groups is 1. The summed E-state index contributed by atoms with van der Waals surface area (Å²) in [4.78, 5) is 21.9. The molecular weight excluding hydrogens is 418 g/mol. The Morgan fingerprint density at radius 2 is 1.52 bits per heavy atom. The summed E-state index contributed by atoms with van der Waals surface area (Å²) in [5.41, 5.74) is 1.30. The number of aromatic nitrogens is 1. The summed E-state index contributed by atoms with van der Waals surface area (Å²) in [6, 6.07) is 9.01. The maximum atomic E-state index is 13.1. The zero-order chi connectivity index (χ0) is 22.0. The lowest BCUT2D eigenvalue weighted by molar-refractivity contribution is 0.0743. The monoisotopic (exact) mass is 443 g/mol. The number of carbonyl (C=O) groups excluding carboxylic acids is 1. The number of anilines is 1. The van der Waals surface area contributed by atoms with Crippen molar-refractivity contribution in [1.82, 2.24) is 9.88 Å². The Morgan fingerprint density at radius 1 is 0.871 bits per heavy atom. The molecule has 1 aromatic heterocycles. The molecule has 2 aromatic carbocycles. The SMILES string of the molecule is COc1ccc(OC)c(C(=O)N2CCN(c3nc4c(OC)ccc(OC)c4s3)CC2)c1. The second-order valence-corrected chi connectivity index (χ2v) is 7.97. The minimum atomic E-state index is -0.0666. The zero-order valence-corrected chi connectivity index (χ0v) is 18.8. The third kappa shape index (κ3) is 3.93. The molecule has 2 heterocycles. The van der Waals surface area contributed by atoms with Gasteiger partial charge in [-0.2, -0.15) is 0 Å². The number of amides is 1. The van der Waals surface area contributed by atoms with Crippen molar-refractivity contribution in [1.29, 1.82) is 0 Å². The highest BCUT2D eigenvalue weighted by atomic mass is 32.1. The molecule has 1 amide bonds. The maximum absolute atomic E-state index is 13.1. The van der Waals surface area contributed by atoms with Gasteiger partial charge in [0.15, 0.2) is 5.13 Å². The summed E-state index contributed by atoms with van der Waals surface area (Å²) in [7, 11) is 6.43. The lowest BCUT2D eigenvalue weighted by atomic mass is 10.1. The molecule has 8 nitrogen and oxygen atoms in total. The third-order valence-corrected chi connectivity index (χ3v) is 6.50. The molecule has 0 saturated carbocycles. The van der Waals surface area contributed by atoms with Gasteiger partial charge in [0.05, 0.1) is 34.0 Å². The van der Waals surface area contributed by atoms with Gasteiger partial charge in [0, 0.05) is 26.2 Å². The van der Waals surface area contributed by atoms with Crippen LogP contribution in [0, 0.1) is 0 Å². The van der Waals surface area contributed by atoms with E-state index in [9.17, 15) is 4.79 Å². The average molecular weight is 444 g/mol. The molecule has 0 aliphatic carbocycles. The summed E-state index contributed by atoms with van der Waals surface area (Å²) in [6.45, 7) is 2.54. The number of piperazine rings is 1. The average Bonchev–Trinajstić information content (AvgIpc) is 3.28. The van der Waals surface area contributed by atoms with Crippen molar-refractivity contribution in [3.8, 4) is 23.0 Å². The maximum Gasteiger partial charge on any atom is 0.257 e. The van der Waals surface area contributed by atoms with Gasteiger partial charge in [0.2, 0.25) is 0 Å². The van der Waals surface area contributed by atoms with E-state index in [0.717, 1.165) is 26.8 Å². The van der Waals surface area contributed by atoms with Crippen molar-refractivity contribution in [2.75, 3.05) is 59.5 Å². The number of benzene rings is 2. The molecule has 0 spiro atoms. The first-order valence-electron chi connectivity index (χ1n) is 9.87. The minimum absolute atomic E-state index is 0.0666. The summed E-state index contributed by atoms with van der Waals surface area (Å²) >= 11 is 1.57. The lowest BCUT2D eigenvalue weighted by Crippen LogP contribution is -2.48. The Labute approximate surface area is 184 Å². The Bertz CT molecular complexity index is 1050. The van der Waals surface area contributed by atoms with Crippen LogP contribution in [0.25, 0.3) is 10.2 Å². The molecule has 31 heavy (non-hydrogen) atoms. The highest BCUT2D eigenvalue weighted by molar-refractivity contribution is 7.22. The van der Waals surface area contributed by atoms with Crippen LogP contribution in [0.3, 0.4) is 0 Å². The van der Waals surface area contributed by atoms with Crippen LogP contribution in [0.15, 0.2) is 30.3 Å². The molecule has 1 saturated heterocycles. The topological polar surface area (TPSA) is 73.4 Å². The number of ether oxygens (including phenoxy) is 4. The van der Waals surface area contributed by atoms with E-state index in [0.29, 0.717) is 43.2 Å². The molecule has 9 heteroatoms. The molecule has 0 atom stereocenters. The van der Waals surface area contributed by atoms with E-state index in [4.69, 9.17) is 23.9 Å². The summed E-state index contributed by atoms with van der Waals surface area (Å²) in [6.07, 6.45) is 0. The number of thiazole rings is 1.